The Bertz CT molecular complexity index is 581. The summed E-state index contributed by atoms with van der Waals surface area (Å²) < 4.78 is 1.38. The molecule has 2 aromatic rings. The first-order valence-electron chi connectivity index (χ1n) is 4.51. The molecular weight excluding hydrogens is 206 g/mol. The average molecular weight is 213 g/mol. The number of rotatable bonds is 2. The maximum atomic E-state index is 10.7. The van der Waals surface area contributed by atoms with Gasteiger partial charge in [0.2, 0.25) is 0 Å². The molecular formula is C11H7N3O2. The van der Waals surface area contributed by atoms with Gasteiger partial charge in [0.05, 0.1) is 11.3 Å². The number of hydrogen-bond donors (Lipinski definition) is 1. The van der Waals surface area contributed by atoms with Gasteiger partial charge in [0.1, 0.15) is 6.07 Å². The Kier molecular flexibility index (Phi) is 2.40. The first-order valence-corrected chi connectivity index (χ1v) is 4.51. The zero-order chi connectivity index (χ0) is 11.5. The van der Waals surface area contributed by atoms with Crippen molar-refractivity contribution in [3.8, 4) is 11.8 Å². The van der Waals surface area contributed by atoms with Crippen LogP contribution in [0.2, 0.25) is 0 Å². The van der Waals surface area contributed by atoms with Crippen LogP contribution in [0.15, 0.2) is 36.5 Å². The molecule has 1 heterocycles. The number of carbonyl (C=O) groups is 1. The maximum absolute atomic E-state index is 10.7. The van der Waals surface area contributed by atoms with Gasteiger partial charge < -0.3 is 5.11 Å². The summed E-state index contributed by atoms with van der Waals surface area (Å²) in [7, 11) is 0. The first kappa shape index (κ1) is 9.93. The van der Waals surface area contributed by atoms with Crippen molar-refractivity contribution in [1.82, 2.24) is 9.78 Å². The summed E-state index contributed by atoms with van der Waals surface area (Å²) in [6.07, 6.45) is 1.51. The Labute approximate surface area is 91.2 Å². The molecule has 0 atom stereocenters. The third-order valence-electron chi connectivity index (χ3n) is 2.08. The smallest absolute Gasteiger partial charge is 0.356 e. The van der Waals surface area contributed by atoms with E-state index in [9.17, 15) is 4.79 Å². The number of aromatic nitrogens is 2. The molecule has 5 nitrogen and oxygen atoms in total. The Balaban J connectivity index is 2.51. The molecule has 78 valence electrons. The van der Waals surface area contributed by atoms with Crippen LogP contribution in [-0.2, 0) is 0 Å². The van der Waals surface area contributed by atoms with Crippen LogP contribution in [0.4, 0.5) is 0 Å². The van der Waals surface area contributed by atoms with Crippen LogP contribution >= 0.6 is 0 Å². The molecule has 0 saturated heterocycles. The van der Waals surface area contributed by atoms with E-state index in [0.717, 1.165) is 0 Å². The number of hydrogen-bond acceptors (Lipinski definition) is 3. The lowest BCUT2D eigenvalue weighted by Crippen LogP contribution is -2.02. The highest BCUT2D eigenvalue weighted by atomic mass is 16.4. The lowest BCUT2D eigenvalue weighted by Gasteiger charge is -2.02. The second-order valence-corrected chi connectivity index (χ2v) is 3.08. The topological polar surface area (TPSA) is 78.9 Å². The number of benzene rings is 1. The normalized spacial score (nSPS) is 9.69. The zero-order valence-corrected chi connectivity index (χ0v) is 8.16. The van der Waals surface area contributed by atoms with Gasteiger partial charge in [-0.15, -0.1) is 0 Å². The Morgan fingerprint density at radius 1 is 1.38 bits per heavy atom. The molecule has 0 aliphatic carbocycles. The molecule has 0 aliphatic rings. The highest BCUT2D eigenvalue weighted by molar-refractivity contribution is 5.85. The minimum absolute atomic E-state index is 0.0484. The van der Waals surface area contributed by atoms with Crippen molar-refractivity contribution in [3.63, 3.8) is 0 Å². The predicted octanol–water partition coefficient (Wildman–Crippen LogP) is 1.44. The van der Waals surface area contributed by atoms with E-state index in [4.69, 9.17) is 10.4 Å². The number of aromatic carboxylic acids is 1. The summed E-state index contributed by atoms with van der Waals surface area (Å²) in [5.41, 5.74) is 0.966. The van der Waals surface area contributed by atoms with E-state index < -0.39 is 5.97 Å². The molecule has 0 saturated carbocycles. The third-order valence-corrected chi connectivity index (χ3v) is 2.08. The van der Waals surface area contributed by atoms with Gasteiger partial charge in [-0.05, 0) is 18.2 Å². The average Bonchev–Trinajstić information content (AvgIpc) is 2.78. The Morgan fingerprint density at radius 2 is 2.12 bits per heavy atom. The van der Waals surface area contributed by atoms with Crippen LogP contribution in [0.1, 0.15) is 16.1 Å². The van der Waals surface area contributed by atoms with Crippen molar-refractivity contribution < 1.29 is 9.90 Å². The van der Waals surface area contributed by atoms with Crippen LogP contribution in [0.25, 0.3) is 5.69 Å². The molecule has 2 rings (SSSR count). The fraction of sp³-hybridized carbons (Fsp3) is 0. The zero-order valence-electron chi connectivity index (χ0n) is 8.16. The lowest BCUT2D eigenvalue weighted by molar-refractivity contribution is 0.0690. The minimum Gasteiger partial charge on any atom is -0.476 e. The van der Waals surface area contributed by atoms with Crippen molar-refractivity contribution in [2.75, 3.05) is 0 Å². The SMILES string of the molecule is N#Cc1ccccc1-n1ccc(C(=O)O)n1. The molecule has 1 N–H and O–H groups in total. The van der Waals surface area contributed by atoms with Gasteiger partial charge in [0, 0.05) is 6.20 Å². The molecule has 0 unspecified atom stereocenters. The molecule has 5 heteroatoms. The van der Waals surface area contributed by atoms with Gasteiger partial charge in [0.15, 0.2) is 5.69 Å². The van der Waals surface area contributed by atoms with Crippen LogP contribution in [0, 0.1) is 11.3 Å². The van der Waals surface area contributed by atoms with Gasteiger partial charge >= 0.3 is 5.97 Å². The molecule has 16 heavy (non-hydrogen) atoms. The van der Waals surface area contributed by atoms with Gasteiger partial charge in [0.25, 0.3) is 0 Å². The highest BCUT2D eigenvalue weighted by Crippen LogP contribution is 2.12. The van der Waals surface area contributed by atoms with Gasteiger partial charge in [-0.25, -0.2) is 9.48 Å². The van der Waals surface area contributed by atoms with E-state index in [-0.39, 0.29) is 5.69 Å². The minimum atomic E-state index is -1.09. The van der Waals surface area contributed by atoms with E-state index in [1.807, 2.05) is 6.07 Å². The standard InChI is InChI=1S/C11H7N3O2/c12-7-8-3-1-2-4-10(8)14-6-5-9(13-14)11(15)16/h1-6H,(H,15,16). The Morgan fingerprint density at radius 3 is 2.75 bits per heavy atom. The Hall–Kier alpha value is -2.61. The largest absolute Gasteiger partial charge is 0.476 e. The lowest BCUT2D eigenvalue weighted by atomic mass is 10.2. The number of para-hydroxylation sites is 1. The number of nitrogens with zero attached hydrogens (tertiary/aromatic N) is 3. The number of nitriles is 1. The third kappa shape index (κ3) is 1.64. The van der Waals surface area contributed by atoms with E-state index in [1.54, 1.807) is 24.3 Å². The summed E-state index contributed by atoms with van der Waals surface area (Å²) in [5, 5.41) is 21.5. The monoisotopic (exact) mass is 213 g/mol. The molecule has 0 amide bonds. The molecule has 0 fully saturated rings. The van der Waals surface area contributed by atoms with Crippen molar-refractivity contribution >= 4 is 5.97 Å². The van der Waals surface area contributed by atoms with Crippen molar-refractivity contribution in [2.45, 2.75) is 0 Å². The van der Waals surface area contributed by atoms with Crippen LogP contribution in [-0.4, -0.2) is 20.9 Å². The van der Waals surface area contributed by atoms with Gasteiger partial charge in [-0.2, -0.15) is 10.4 Å². The van der Waals surface area contributed by atoms with Crippen molar-refractivity contribution in [1.29, 1.82) is 5.26 Å². The fourth-order valence-corrected chi connectivity index (χ4v) is 1.34. The fourth-order valence-electron chi connectivity index (χ4n) is 1.34. The summed E-state index contributed by atoms with van der Waals surface area (Å²) in [5.74, 6) is -1.09. The van der Waals surface area contributed by atoms with Crippen LogP contribution in [0.3, 0.4) is 0 Å². The predicted molar refractivity (Wildman–Crippen MR) is 55.2 cm³/mol. The van der Waals surface area contributed by atoms with Crippen LogP contribution < -0.4 is 0 Å². The van der Waals surface area contributed by atoms with Crippen molar-refractivity contribution in [3.05, 3.63) is 47.8 Å². The summed E-state index contributed by atoms with van der Waals surface area (Å²) in [6.45, 7) is 0. The number of carboxylic acid groups (broad SMARTS) is 1. The van der Waals surface area contributed by atoms with Gasteiger partial charge in [-0.1, -0.05) is 12.1 Å². The quantitative estimate of drug-likeness (QED) is 0.818. The second-order valence-electron chi connectivity index (χ2n) is 3.08. The summed E-state index contributed by atoms with van der Waals surface area (Å²) >= 11 is 0. The van der Waals surface area contributed by atoms with E-state index in [0.29, 0.717) is 11.3 Å². The molecule has 0 radical (unpaired) electrons. The van der Waals surface area contributed by atoms with E-state index in [2.05, 4.69) is 5.10 Å². The highest BCUT2D eigenvalue weighted by Gasteiger charge is 2.09. The molecule has 1 aromatic heterocycles. The molecule has 0 bridgehead atoms. The van der Waals surface area contributed by atoms with E-state index in [1.165, 1.54) is 16.9 Å². The second kappa shape index (κ2) is 3.87. The maximum Gasteiger partial charge on any atom is 0.356 e. The van der Waals surface area contributed by atoms with Crippen LogP contribution in [0.5, 0.6) is 0 Å². The molecule has 0 spiro atoms. The number of carboxylic acids is 1. The summed E-state index contributed by atoms with van der Waals surface area (Å²) in [6, 6.07) is 10.3. The molecule has 1 aromatic carbocycles. The molecule has 0 aliphatic heterocycles. The van der Waals surface area contributed by atoms with Crippen molar-refractivity contribution in [2.24, 2.45) is 0 Å². The van der Waals surface area contributed by atoms with Gasteiger partial charge in [-0.3, -0.25) is 0 Å². The van der Waals surface area contributed by atoms with E-state index >= 15 is 0 Å². The first-order chi connectivity index (χ1) is 7.72. The summed E-state index contributed by atoms with van der Waals surface area (Å²) in [4.78, 5) is 10.7.